The van der Waals surface area contributed by atoms with E-state index in [1.165, 1.54) is 12.8 Å². The van der Waals surface area contributed by atoms with E-state index in [0.717, 1.165) is 38.4 Å². The van der Waals surface area contributed by atoms with Crippen molar-refractivity contribution in [3.8, 4) is 0 Å². The Balaban J connectivity index is 0. The molecule has 21 heavy (non-hydrogen) atoms. The lowest BCUT2D eigenvalue weighted by Crippen LogP contribution is -2.44. The standard InChI is InChI=1S/C11H22N2O.C5H9N.CH4/c1-2-3-4-5-12-6-8-13(9-7-12)10-11-14;1-4-6-5(2)3;/h4-5,14H,2-3,6-11H2,1H3;4H,2H2,1,3H3;1H4/b5-4+;;. The molecule has 1 rings (SSSR count). The van der Waals surface area contributed by atoms with Gasteiger partial charge in [0.2, 0.25) is 0 Å². The maximum atomic E-state index is 8.79. The molecule has 0 amide bonds. The number of hydrogen-bond acceptors (Lipinski definition) is 4. The van der Waals surface area contributed by atoms with Gasteiger partial charge in [0.15, 0.2) is 0 Å². The molecular formula is C17H35N3O. The Morgan fingerprint density at radius 1 is 1.29 bits per heavy atom. The normalized spacial score (nSPS) is 15.7. The van der Waals surface area contributed by atoms with Gasteiger partial charge >= 0.3 is 0 Å². The Labute approximate surface area is 131 Å². The fourth-order valence-electron chi connectivity index (χ4n) is 1.89. The van der Waals surface area contributed by atoms with Crippen LogP contribution in [0.3, 0.4) is 0 Å². The molecule has 0 spiro atoms. The predicted octanol–water partition coefficient (Wildman–Crippen LogP) is 3.16. The first-order valence-electron chi connectivity index (χ1n) is 7.52. The molecule has 4 nitrogen and oxygen atoms in total. The third-order valence-electron chi connectivity index (χ3n) is 2.94. The Hall–Kier alpha value is -1.13. The van der Waals surface area contributed by atoms with Crippen LogP contribution in [0.25, 0.3) is 0 Å². The number of β-amino-alcohol motifs (C(OH)–C–C–N with tert-alkyl or cyclic N) is 1. The summed E-state index contributed by atoms with van der Waals surface area (Å²) in [5.74, 6) is 0. The second-order valence-corrected chi connectivity index (χ2v) is 4.90. The largest absolute Gasteiger partial charge is 0.395 e. The van der Waals surface area contributed by atoms with Gasteiger partial charge in [0.25, 0.3) is 0 Å². The van der Waals surface area contributed by atoms with Gasteiger partial charge in [0.1, 0.15) is 0 Å². The van der Waals surface area contributed by atoms with Crippen molar-refractivity contribution in [1.29, 1.82) is 0 Å². The number of rotatable bonds is 6. The molecule has 1 fully saturated rings. The Bertz CT molecular complexity index is 292. The molecule has 0 aromatic heterocycles. The maximum absolute atomic E-state index is 8.79. The third kappa shape index (κ3) is 13.6. The highest BCUT2D eigenvalue weighted by atomic mass is 16.3. The fraction of sp³-hybridized carbons (Fsp3) is 0.706. The monoisotopic (exact) mass is 297 g/mol. The number of piperazine rings is 1. The zero-order chi connectivity index (χ0) is 15.2. The second-order valence-electron chi connectivity index (χ2n) is 4.90. The van der Waals surface area contributed by atoms with E-state index >= 15 is 0 Å². The quantitative estimate of drug-likeness (QED) is 0.766. The van der Waals surface area contributed by atoms with Gasteiger partial charge in [-0.05, 0) is 26.5 Å². The summed E-state index contributed by atoms with van der Waals surface area (Å²) in [7, 11) is 0. The van der Waals surface area contributed by atoms with Crippen LogP contribution in [0, 0.1) is 0 Å². The van der Waals surface area contributed by atoms with Crippen LogP contribution in [0.4, 0.5) is 0 Å². The predicted molar refractivity (Wildman–Crippen MR) is 94.9 cm³/mol. The average molecular weight is 297 g/mol. The molecule has 0 aliphatic carbocycles. The van der Waals surface area contributed by atoms with E-state index in [4.69, 9.17) is 5.11 Å². The Kier molecular flexibility index (Phi) is 16.1. The molecule has 1 saturated heterocycles. The van der Waals surface area contributed by atoms with E-state index in [0.29, 0.717) is 0 Å². The van der Waals surface area contributed by atoms with Gasteiger partial charge in [-0.15, -0.1) is 0 Å². The topological polar surface area (TPSA) is 39.1 Å². The van der Waals surface area contributed by atoms with Crippen LogP contribution < -0.4 is 0 Å². The van der Waals surface area contributed by atoms with Crippen LogP contribution in [-0.2, 0) is 0 Å². The average Bonchev–Trinajstić information content (AvgIpc) is 2.42. The van der Waals surface area contributed by atoms with Gasteiger partial charge in [-0.1, -0.05) is 33.4 Å². The summed E-state index contributed by atoms with van der Waals surface area (Å²) in [6.45, 7) is 14.9. The maximum Gasteiger partial charge on any atom is 0.0558 e. The van der Waals surface area contributed by atoms with E-state index in [1.807, 2.05) is 13.8 Å². The van der Waals surface area contributed by atoms with E-state index in [-0.39, 0.29) is 14.0 Å². The smallest absolute Gasteiger partial charge is 0.0558 e. The lowest BCUT2D eigenvalue weighted by molar-refractivity contribution is 0.138. The summed E-state index contributed by atoms with van der Waals surface area (Å²) < 4.78 is 0. The number of unbranched alkanes of at least 4 members (excludes halogenated alkanes) is 1. The van der Waals surface area contributed by atoms with Gasteiger partial charge < -0.3 is 10.0 Å². The molecule has 0 aromatic carbocycles. The molecular weight excluding hydrogens is 262 g/mol. The van der Waals surface area contributed by atoms with Crippen LogP contribution in [0.15, 0.2) is 29.5 Å². The SMILES string of the molecule is C.C=C(C)N=CC.CCC/C=C/N1CCN(CCO)CC1. The molecule has 4 heteroatoms. The molecule has 1 heterocycles. The molecule has 1 aliphatic rings. The van der Waals surface area contributed by atoms with Gasteiger partial charge in [0, 0.05) is 44.6 Å². The minimum Gasteiger partial charge on any atom is -0.395 e. The first-order valence-corrected chi connectivity index (χ1v) is 7.52. The van der Waals surface area contributed by atoms with Crippen LogP contribution in [0.2, 0.25) is 0 Å². The van der Waals surface area contributed by atoms with Crippen molar-refractivity contribution in [1.82, 2.24) is 9.80 Å². The van der Waals surface area contributed by atoms with Crippen molar-refractivity contribution >= 4 is 6.21 Å². The van der Waals surface area contributed by atoms with Crippen molar-refractivity contribution < 1.29 is 5.11 Å². The molecule has 0 saturated carbocycles. The van der Waals surface area contributed by atoms with Crippen molar-refractivity contribution in [2.75, 3.05) is 39.3 Å². The van der Waals surface area contributed by atoms with Crippen LogP contribution in [-0.4, -0.2) is 60.5 Å². The number of hydrogen-bond donors (Lipinski definition) is 1. The third-order valence-corrected chi connectivity index (χ3v) is 2.94. The van der Waals surface area contributed by atoms with E-state index in [9.17, 15) is 0 Å². The minimum absolute atomic E-state index is 0. The molecule has 0 atom stereocenters. The van der Waals surface area contributed by atoms with Crippen LogP contribution >= 0.6 is 0 Å². The van der Waals surface area contributed by atoms with Crippen molar-refractivity contribution in [3.05, 3.63) is 24.6 Å². The van der Waals surface area contributed by atoms with Crippen LogP contribution in [0.5, 0.6) is 0 Å². The highest BCUT2D eigenvalue weighted by molar-refractivity contribution is 5.54. The van der Waals surface area contributed by atoms with E-state index in [1.54, 1.807) is 6.21 Å². The van der Waals surface area contributed by atoms with E-state index < -0.39 is 0 Å². The molecule has 0 aromatic rings. The highest BCUT2D eigenvalue weighted by Crippen LogP contribution is 2.02. The zero-order valence-corrected chi connectivity index (χ0v) is 13.4. The summed E-state index contributed by atoms with van der Waals surface area (Å²) in [5, 5.41) is 8.79. The summed E-state index contributed by atoms with van der Waals surface area (Å²) in [5.41, 5.74) is 0.859. The second kappa shape index (κ2) is 15.3. The molecule has 124 valence electrons. The molecule has 0 bridgehead atoms. The van der Waals surface area contributed by atoms with Gasteiger partial charge in [0.05, 0.1) is 6.61 Å². The van der Waals surface area contributed by atoms with Crippen molar-refractivity contribution in [3.63, 3.8) is 0 Å². The van der Waals surface area contributed by atoms with Crippen LogP contribution in [0.1, 0.15) is 41.0 Å². The lowest BCUT2D eigenvalue weighted by Gasteiger charge is -2.33. The van der Waals surface area contributed by atoms with Crippen molar-refractivity contribution in [2.45, 2.75) is 41.0 Å². The summed E-state index contributed by atoms with van der Waals surface area (Å²) in [6.07, 6.45) is 8.60. The molecule has 1 aliphatic heterocycles. The van der Waals surface area contributed by atoms with Gasteiger partial charge in [-0.25, -0.2) is 0 Å². The number of allylic oxidation sites excluding steroid dienone is 2. The number of aliphatic hydroxyl groups excluding tert-OH is 1. The number of aliphatic hydroxyl groups is 1. The number of aliphatic imine (C=N–C) groups is 1. The van der Waals surface area contributed by atoms with Gasteiger partial charge in [-0.2, -0.15) is 0 Å². The molecule has 1 N–H and O–H groups in total. The van der Waals surface area contributed by atoms with Gasteiger partial charge in [-0.3, -0.25) is 9.89 Å². The lowest BCUT2D eigenvalue weighted by atomic mass is 10.3. The summed E-state index contributed by atoms with van der Waals surface area (Å²) >= 11 is 0. The Morgan fingerprint density at radius 3 is 2.29 bits per heavy atom. The number of nitrogens with zero attached hydrogens (tertiary/aromatic N) is 3. The minimum atomic E-state index is 0. The van der Waals surface area contributed by atoms with Crippen molar-refractivity contribution in [2.24, 2.45) is 4.99 Å². The van der Waals surface area contributed by atoms with E-state index in [2.05, 4.69) is 40.6 Å². The fourth-order valence-corrected chi connectivity index (χ4v) is 1.89. The Morgan fingerprint density at radius 2 is 1.90 bits per heavy atom. The zero-order valence-electron chi connectivity index (χ0n) is 13.4. The summed E-state index contributed by atoms with van der Waals surface area (Å²) in [4.78, 5) is 8.48. The highest BCUT2D eigenvalue weighted by Gasteiger charge is 2.12. The first kappa shape index (κ1) is 22.2. The first-order chi connectivity index (χ1) is 9.63. The summed E-state index contributed by atoms with van der Waals surface area (Å²) in [6, 6.07) is 0. The molecule has 0 unspecified atom stereocenters. The molecule has 0 radical (unpaired) electrons.